The first-order valence-corrected chi connectivity index (χ1v) is 6.94. The first kappa shape index (κ1) is 15.9. The SMILES string of the molecule is CC(C)(C)OC(=O)NC(Cc1cc2ccccc2o1)C(=O)O. The summed E-state index contributed by atoms with van der Waals surface area (Å²) in [7, 11) is 0. The van der Waals surface area contributed by atoms with Gasteiger partial charge in [0.15, 0.2) is 0 Å². The maximum atomic E-state index is 11.7. The number of carboxylic acid groups (broad SMARTS) is 1. The lowest BCUT2D eigenvalue weighted by molar-refractivity contribution is -0.139. The molecule has 2 rings (SSSR count). The van der Waals surface area contributed by atoms with Gasteiger partial charge in [-0.3, -0.25) is 0 Å². The van der Waals surface area contributed by atoms with Gasteiger partial charge in [-0.05, 0) is 32.9 Å². The largest absolute Gasteiger partial charge is 0.480 e. The molecule has 1 aromatic heterocycles. The van der Waals surface area contributed by atoms with Crippen LogP contribution in [0.3, 0.4) is 0 Å². The molecule has 0 saturated carbocycles. The topological polar surface area (TPSA) is 88.8 Å². The number of fused-ring (bicyclic) bond motifs is 1. The zero-order valence-corrected chi connectivity index (χ0v) is 12.8. The van der Waals surface area contributed by atoms with Gasteiger partial charge in [-0.2, -0.15) is 0 Å². The van der Waals surface area contributed by atoms with E-state index in [1.807, 2.05) is 18.2 Å². The summed E-state index contributed by atoms with van der Waals surface area (Å²) in [4.78, 5) is 23.0. The highest BCUT2D eigenvalue weighted by Crippen LogP contribution is 2.20. The summed E-state index contributed by atoms with van der Waals surface area (Å²) in [6.07, 6.45) is -0.723. The summed E-state index contributed by atoms with van der Waals surface area (Å²) in [6.45, 7) is 5.13. The molecule has 118 valence electrons. The van der Waals surface area contributed by atoms with Gasteiger partial charge < -0.3 is 19.6 Å². The summed E-state index contributed by atoms with van der Waals surface area (Å²) in [5.41, 5.74) is -0.00845. The van der Waals surface area contributed by atoms with Gasteiger partial charge in [-0.25, -0.2) is 9.59 Å². The van der Waals surface area contributed by atoms with Gasteiger partial charge in [0.1, 0.15) is 23.0 Å². The first-order valence-electron chi connectivity index (χ1n) is 6.94. The van der Waals surface area contributed by atoms with E-state index in [0.717, 1.165) is 5.39 Å². The van der Waals surface area contributed by atoms with Gasteiger partial charge >= 0.3 is 12.1 Å². The fourth-order valence-corrected chi connectivity index (χ4v) is 1.99. The Bertz CT molecular complexity index is 650. The molecule has 0 aliphatic rings. The number of carboxylic acids is 1. The predicted octanol–water partition coefficient (Wildman–Crippen LogP) is 2.95. The summed E-state index contributed by atoms with van der Waals surface area (Å²) in [6, 6.07) is 8.03. The normalized spacial score (nSPS) is 12.9. The second kappa shape index (κ2) is 6.09. The minimum Gasteiger partial charge on any atom is -0.480 e. The van der Waals surface area contributed by atoms with Crippen LogP contribution in [0.4, 0.5) is 4.79 Å². The van der Waals surface area contributed by atoms with Crippen LogP contribution >= 0.6 is 0 Å². The van der Waals surface area contributed by atoms with Crippen LogP contribution in [0.15, 0.2) is 34.7 Å². The molecule has 0 aliphatic carbocycles. The second-order valence-electron chi connectivity index (χ2n) is 5.99. The molecular weight excluding hydrogens is 286 g/mol. The van der Waals surface area contributed by atoms with Crippen LogP contribution < -0.4 is 5.32 Å². The van der Waals surface area contributed by atoms with Crippen LogP contribution in [0.25, 0.3) is 11.0 Å². The maximum absolute atomic E-state index is 11.7. The number of ether oxygens (including phenoxy) is 1. The van der Waals surface area contributed by atoms with Gasteiger partial charge in [-0.1, -0.05) is 18.2 Å². The molecule has 1 amide bonds. The number of nitrogens with one attached hydrogen (secondary N) is 1. The number of amides is 1. The van der Waals surface area contributed by atoms with Gasteiger partial charge in [0.2, 0.25) is 0 Å². The smallest absolute Gasteiger partial charge is 0.408 e. The zero-order valence-electron chi connectivity index (χ0n) is 12.8. The number of alkyl carbamates (subject to hydrolysis) is 1. The number of hydrogen-bond donors (Lipinski definition) is 2. The lowest BCUT2D eigenvalue weighted by atomic mass is 10.1. The highest BCUT2D eigenvalue weighted by atomic mass is 16.6. The van der Waals surface area contributed by atoms with Crippen LogP contribution in [0.1, 0.15) is 26.5 Å². The van der Waals surface area contributed by atoms with Crippen molar-refractivity contribution in [3.05, 3.63) is 36.1 Å². The van der Waals surface area contributed by atoms with E-state index < -0.39 is 23.7 Å². The van der Waals surface area contributed by atoms with Crippen molar-refractivity contribution in [3.8, 4) is 0 Å². The molecule has 2 aromatic rings. The molecule has 1 aromatic carbocycles. The number of carbonyl (C=O) groups is 2. The molecular formula is C16H19NO5. The fraction of sp³-hybridized carbons (Fsp3) is 0.375. The third-order valence-electron chi connectivity index (χ3n) is 2.87. The highest BCUT2D eigenvalue weighted by Gasteiger charge is 2.25. The molecule has 0 aliphatic heterocycles. The second-order valence-corrected chi connectivity index (χ2v) is 5.99. The van der Waals surface area contributed by atoms with Crippen molar-refractivity contribution in [1.29, 1.82) is 0 Å². The Morgan fingerprint density at radius 3 is 2.59 bits per heavy atom. The van der Waals surface area contributed by atoms with Crippen LogP contribution in [0.5, 0.6) is 0 Å². The van der Waals surface area contributed by atoms with E-state index in [4.69, 9.17) is 9.15 Å². The molecule has 2 N–H and O–H groups in total. The van der Waals surface area contributed by atoms with E-state index in [0.29, 0.717) is 11.3 Å². The fourth-order valence-electron chi connectivity index (χ4n) is 1.99. The van der Waals surface area contributed by atoms with Gasteiger partial charge in [0.05, 0.1) is 0 Å². The minimum atomic E-state index is -1.15. The molecule has 0 saturated heterocycles. The van der Waals surface area contributed by atoms with Crippen LogP contribution in [-0.4, -0.2) is 28.8 Å². The monoisotopic (exact) mass is 305 g/mol. The standard InChI is InChI=1S/C16H19NO5/c1-16(2,3)22-15(20)17-12(14(18)19)9-11-8-10-6-4-5-7-13(10)21-11/h4-8,12H,9H2,1-3H3,(H,17,20)(H,18,19). The number of carbonyl (C=O) groups excluding carboxylic acids is 1. The van der Waals surface area contributed by atoms with Crippen molar-refractivity contribution in [2.24, 2.45) is 0 Å². The van der Waals surface area contributed by atoms with E-state index in [9.17, 15) is 14.7 Å². The van der Waals surface area contributed by atoms with Gasteiger partial charge in [0, 0.05) is 11.8 Å². The van der Waals surface area contributed by atoms with Crippen LogP contribution in [0, 0.1) is 0 Å². The molecule has 0 fully saturated rings. The molecule has 0 radical (unpaired) electrons. The van der Waals surface area contributed by atoms with E-state index in [1.54, 1.807) is 32.9 Å². The van der Waals surface area contributed by atoms with Gasteiger partial charge in [-0.15, -0.1) is 0 Å². The Hall–Kier alpha value is -2.50. The summed E-state index contributed by atoms with van der Waals surface area (Å²) in [5, 5.41) is 12.5. The third-order valence-corrected chi connectivity index (χ3v) is 2.87. The molecule has 1 unspecified atom stereocenters. The lowest BCUT2D eigenvalue weighted by Gasteiger charge is -2.21. The van der Waals surface area contributed by atoms with E-state index in [2.05, 4.69) is 5.32 Å². The predicted molar refractivity (Wildman–Crippen MR) is 80.7 cm³/mol. The summed E-state index contributed by atoms with van der Waals surface area (Å²) >= 11 is 0. The average molecular weight is 305 g/mol. The lowest BCUT2D eigenvalue weighted by Crippen LogP contribution is -2.44. The van der Waals surface area contributed by atoms with E-state index in [1.165, 1.54) is 0 Å². The minimum absolute atomic E-state index is 0.0449. The molecule has 22 heavy (non-hydrogen) atoms. The Balaban J connectivity index is 2.08. The number of hydrogen-bond acceptors (Lipinski definition) is 4. The zero-order chi connectivity index (χ0) is 16.3. The molecule has 6 nitrogen and oxygen atoms in total. The Labute approximate surface area is 128 Å². The Morgan fingerprint density at radius 2 is 2.00 bits per heavy atom. The average Bonchev–Trinajstić information content (AvgIpc) is 2.77. The number of para-hydroxylation sites is 1. The van der Waals surface area contributed by atoms with E-state index >= 15 is 0 Å². The summed E-state index contributed by atoms with van der Waals surface area (Å²) < 4.78 is 10.6. The van der Waals surface area contributed by atoms with E-state index in [-0.39, 0.29) is 6.42 Å². The highest BCUT2D eigenvalue weighted by molar-refractivity contribution is 5.81. The Kier molecular flexibility index (Phi) is 4.40. The van der Waals surface area contributed by atoms with Crippen molar-refractivity contribution in [2.45, 2.75) is 38.8 Å². The molecule has 0 spiro atoms. The number of rotatable bonds is 4. The van der Waals surface area contributed by atoms with Gasteiger partial charge in [0.25, 0.3) is 0 Å². The van der Waals surface area contributed by atoms with Crippen molar-refractivity contribution in [1.82, 2.24) is 5.32 Å². The van der Waals surface area contributed by atoms with Crippen molar-refractivity contribution in [2.75, 3.05) is 0 Å². The molecule has 0 bridgehead atoms. The van der Waals surface area contributed by atoms with Crippen molar-refractivity contribution >= 4 is 23.0 Å². The molecule has 1 atom stereocenters. The quantitative estimate of drug-likeness (QED) is 0.906. The van der Waals surface area contributed by atoms with Crippen LogP contribution in [-0.2, 0) is 16.0 Å². The number of benzene rings is 1. The maximum Gasteiger partial charge on any atom is 0.408 e. The molecule has 6 heteroatoms. The van der Waals surface area contributed by atoms with Crippen LogP contribution in [0.2, 0.25) is 0 Å². The number of aliphatic carboxylic acids is 1. The summed E-state index contributed by atoms with van der Waals surface area (Å²) in [5.74, 6) is -0.657. The third kappa shape index (κ3) is 4.25. The number of furan rings is 1. The first-order chi connectivity index (χ1) is 10.2. The Morgan fingerprint density at radius 1 is 1.32 bits per heavy atom. The van der Waals surface area contributed by atoms with Crippen molar-refractivity contribution in [3.63, 3.8) is 0 Å². The van der Waals surface area contributed by atoms with Crippen molar-refractivity contribution < 1.29 is 23.8 Å². The molecule has 1 heterocycles.